The molecule has 0 aromatic carbocycles. The van der Waals surface area contributed by atoms with E-state index in [1.165, 1.54) is 6.92 Å². The van der Waals surface area contributed by atoms with Gasteiger partial charge in [-0.25, -0.2) is 5.84 Å². The average Bonchev–Trinajstić information content (AvgIpc) is 1.65. The molecule has 3 N–H and O–H groups in total. The standard InChI is InChI=1S/C3H7N3O2/c1-3(8)5-6(4)2-7/h2H,4H2,1H3,(H,5,8). The summed E-state index contributed by atoms with van der Waals surface area (Å²) in [5.74, 6) is 4.43. The van der Waals surface area contributed by atoms with E-state index in [9.17, 15) is 9.59 Å². The van der Waals surface area contributed by atoms with E-state index < -0.39 is 0 Å². The van der Waals surface area contributed by atoms with Crippen LogP contribution in [0.15, 0.2) is 0 Å². The van der Waals surface area contributed by atoms with Gasteiger partial charge in [-0.05, 0) is 0 Å². The molecule has 0 aliphatic heterocycles. The number of hydrogen-bond donors (Lipinski definition) is 2. The van der Waals surface area contributed by atoms with Crippen LogP contribution in [0.4, 0.5) is 0 Å². The lowest BCUT2D eigenvalue weighted by Gasteiger charge is -2.07. The first-order valence-electron chi connectivity index (χ1n) is 1.93. The second-order valence-electron chi connectivity index (χ2n) is 1.18. The summed E-state index contributed by atoms with van der Waals surface area (Å²) in [5.41, 5.74) is 2.00. The number of amides is 2. The number of hydrogen-bond acceptors (Lipinski definition) is 3. The Hall–Kier alpha value is -1.10. The Labute approximate surface area is 46.4 Å². The normalized spacial score (nSPS) is 7.75. The number of nitrogens with two attached hydrogens (primary N) is 1. The van der Waals surface area contributed by atoms with Crippen LogP contribution >= 0.6 is 0 Å². The highest BCUT2D eigenvalue weighted by atomic mass is 16.2. The van der Waals surface area contributed by atoms with Crippen molar-refractivity contribution in [2.24, 2.45) is 5.84 Å². The molecule has 5 nitrogen and oxygen atoms in total. The summed E-state index contributed by atoms with van der Waals surface area (Å²) in [6.07, 6.45) is 0.293. The molecule has 0 bridgehead atoms. The van der Waals surface area contributed by atoms with Gasteiger partial charge in [0.05, 0.1) is 0 Å². The molecular weight excluding hydrogens is 110 g/mol. The topological polar surface area (TPSA) is 75.4 Å². The Bertz CT molecular complexity index is 103. The summed E-state index contributed by atoms with van der Waals surface area (Å²) in [7, 11) is 0. The van der Waals surface area contributed by atoms with Crippen molar-refractivity contribution in [3.05, 3.63) is 0 Å². The Balaban J connectivity index is 3.38. The van der Waals surface area contributed by atoms with Crippen LogP contribution in [0.1, 0.15) is 6.92 Å². The average molecular weight is 117 g/mol. The smallest absolute Gasteiger partial charge is 0.243 e. The molecule has 0 heterocycles. The molecule has 0 unspecified atom stereocenters. The van der Waals surface area contributed by atoms with Crippen LogP contribution in [-0.2, 0) is 9.59 Å². The molecule has 0 aromatic rings. The van der Waals surface area contributed by atoms with Crippen molar-refractivity contribution in [2.75, 3.05) is 0 Å². The first-order chi connectivity index (χ1) is 3.66. The van der Waals surface area contributed by atoms with Gasteiger partial charge in [0.25, 0.3) is 0 Å². The lowest BCUT2D eigenvalue weighted by Crippen LogP contribution is -2.44. The maximum Gasteiger partial charge on any atom is 0.243 e. The molecule has 0 aliphatic rings. The molecule has 0 fully saturated rings. The highest BCUT2D eigenvalue weighted by molar-refractivity contribution is 5.73. The summed E-state index contributed by atoms with van der Waals surface area (Å²) in [6, 6.07) is 0. The fourth-order valence-electron chi connectivity index (χ4n) is 0.208. The quantitative estimate of drug-likeness (QED) is 0.197. The maximum absolute atomic E-state index is 10.0. The van der Waals surface area contributed by atoms with Gasteiger partial charge in [-0.15, -0.1) is 0 Å². The molecule has 5 heteroatoms. The molecule has 2 amide bonds. The third kappa shape index (κ3) is 3.10. The van der Waals surface area contributed by atoms with Gasteiger partial charge in [0.15, 0.2) is 0 Å². The molecular formula is C3H7N3O2. The first kappa shape index (κ1) is 6.90. The second-order valence-corrected chi connectivity index (χ2v) is 1.18. The van der Waals surface area contributed by atoms with Crippen LogP contribution in [0.5, 0.6) is 0 Å². The molecule has 0 saturated heterocycles. The van der Waals surface area contributed by atoms with Crippen molar-refractivity contribution in [3.63, 3.8) is 0 Å². The molecule has 0 saturated carbocycles. The van der Waals surface area contributed by atoms with Gasteiger partial charge < -0.3 is 0 Å². The number of carbonyl (C=O) groups is 2. The molecule has 0 aliphatic carbocycles. The molecule has 0 rings (SSSR count). The predicted octanol–water partition coefficient (Wildman–Crippen LogP) is -1.63. The highest BCUT2D eigenvalue weighted by Gasteiger charge is 1.91. The lowest BCUT2D eigenvalue weighted by atomic mass is 10.8. The van der Waals surface area contributed by atoms with Gasteiger partial charge in [-0.1, -0.05) is 0 Å². The van der Waals surface area contributed by atoms with Crippen molar-refractivity contribution in [1.82, 2.24) is 10.5 Å². The van der Waals surface area contributed by atoms with Crippen LogP contribution in [-0.4, -0.2) is 17.4 Å². The van der Waals surface area contributed by atoms with Crippen LogP contribution in [0, 0.1) is 0 Å². The number of nitrogens with one attached hydrogen (secondary N) is 1. The van der Waals surface area contributed by atoms with Crippen molar-refractivity contribution < 1.29 is 9.59 Å². The largest absolute Gasteiger partial charge is 0.275 e. The highest BCUT2D eigenvalue weighted by Crippen LogP contribution is 1.58. The molecule has 0 atom stereocenters. The summed E-state index contributed by atoms with van der Waals surface area (Å²) in [5, 5.41) is 0.544. The van der Waals surface area contributed by atoms with Gasteiger partial charge >= 0.3 is 0 Å². The molecule has 0 spiro atoms. The zero-order valence-electron chi connectivity index (χ0n) is 4.42. The summed E-state index contributed by atoms with van der Waals surface area (Å²) < 4.78 is 0. The number of rotatable bonds is 2. The number of carbonyl (C=O) groups excluding carboxylic acids is 2. The van der Waals surface area contributed by atoms with Gasteiger partial charge in [0.2, 0.25) is 12.3 Å². The third-order valence-corrected chi connectivity index (χ3v) is 0.400. The molecule has 8 heavy (non-hydrogen) atoms. The second kappa shape index (κ2) is 2.98. The Morgan fingerprint density at radius 3 is 2.50 bits per heavy atom. The van der Waals surface area contributed by atoms with E-state index in [0.29, 0.717) is 11.5 Å². The third-order valence-electron chi connectivity index (χ3n) is 0.400. The first-order valence-corrected chi connectivity index (χ1v) is 1.93. The predicted molar refractivity (Wildman–Crippen MR) is 25.9 cm³/mol. The number of nitrogens with zero attached hydrogens (tertiary/aromatic N) is 1. The van der Waals surface area contributed by atoms with E-state index >= 15 is 0 Å². The minimum atomic E-state index is -0.375. The van der Waals surface area contributed by atoms with E-state index in [2.05, 4.69) is 0 Å². The van der Waals surface area contributed by atoms with E-state index in [4.69, 9.17) is 5.84 Å². The monoisotopic (exact) mass is 117 g/mol. The Morgan fingerprint density at radius 2 is 2.38 bits per heavy atom. The van der Waals surface area contributed by atoms with Crippen LogP contribution in [0.25, 0.3) is 0 Å². The van der Waals surface area contributed by atoms with E-state index in [1.807, 2.05) is 5.43 Å². The van der Waals surface area contributed by atoms with Crippen LogP contribution < -0.4 is 11.3 Å². The summed E-state index contributed by atoms with van der Waals surface area (Å²) in [4.78, 5) is 19.6. The fraction of sp³-hybridized carbons (Fsp3) is 0.333. The van der Waals surface area contributed by atoms with Crippen molar-refractivity contribution in [3.8, 4) is 0 Å². The lowest BCUT2D eigenvalue weighted by molar-refractivity contribution is -0.132. The SMILES string of the molecule is CC(=O)NN(N)C=O. The van der Waals surface area contributed by atoms with Gasteiger partial charge in [-0.2, -0.15) is 5.12 Å². The fourth-order valence-corrected chi connectivity index (χ4v) is 0.208. The Morgan fingerprint density at radius 1 is 1.88 bits per heavy atom. The van der Waals surface area contributed by atoms with Gasteiger partial charge in [0.1, 0.15) is 0 Å². The van der Waals surface area contributed by atoms with E-state index in [1.54, 1.807) is 0 Å². The summed E-state index contributed by atoms with van der Waals surface area (Å²) >= 11 is 0. The van der Waals surface area contributed by atoms with Gasteiger partial charge in [0, 0.05) is 6.92 Å². The molecule has 0 radical (unpaired) electrons. The summed E-state index contributed by atoms with van der Waals surface area (Å²) in [6.45, 7) is 1.25. The molecule has 0 aromatic heterocycles. The minimum Gasteiger partial charge on any atom is -0.275 e. The van der Waals surface area contributed by atoms with E-state index in [0.717, 1.165) is 0 Å². The minimum absolute atomic E-state index is 0.293. The molecule has 46 valence electrons. The van der Waals surface area contributed by atoms with E-state index in [-0.39, 0.29) is 5.91 Å². The maximum atomic E-state index is 10.0. The van der Waals surface area contributed by atoms with Gasteiger partial charge in [-0.3, -0.25) is 15.0 Å². The van der Waals surface area contributed by atoms with Crippen molar-refractivity contribution in [2.45, 2.75) is 6.92 Å². The van der Waals surface area contributed by atoms with Crippen LogP contribution in [0.3, 0.4) is 0 Å². The van der Waals surface area contributed by atoms with Crippen molar-refractivity contribution >= 4 is 12.3 Å². The van der Waals surface area contributed by atoms with Crippen LogP contribution in [0.2, 0.25) is 0 Å². The zero-order valence-corrected chi connectivity index (χ0v) is 4.42. The number of hydrazine groups is 2. The van der Waals surface area contributed by atoms with Crippen molar-refractivity contribution in [1.29, 1.82) is 0 Å². The Kier molecular flexibility index (Phi) is 2.57. The zero-order chi connectivity index (χ0) is 6.57.